The number of benzene rings is 2. The highest BCUT2D eigenvalue weighted by Gasteiger charge is 2.23. The molecule has 0 fully saturated rings. The highest BCUT2D eigenvalue weighted by atomic mass is 32.1. The van der Waals surface area contributed by atoms with Gasteiger partial charge in [0.05, 0.1) is 17.9 Å². The van der Waals surface area contributed by atoms with Crippen LogP contribution in [0.1, 0.15) is 23.6 Å². The van der Waals surface area contributed by atoms with Crippen molar-refractivity contribution in [1.29, 1.82) is 0 Å². The second kappa shape index (κ2) is 6.32. The molecule has 0 radical (unpaired) electrons. The standard InChI is InChI=1S/C21H17N3O2S/c25-18(23-16-10-9-13-5-1-2-6-14(13)16)11-24-12-22-19-15-7-3-4-8-17(15)27-20(19)21(24)26/h1-8,12,16H,9-11H2,(H,23,25)/t16-/m0/s1. The zero-order valence-electron chi connectivity index (χ0n) is 14.5. The average molecular weight is 375 g/mol. The van der Waals surface area contributed by atoms with Crippen LogP contribution in [0.25, 0.3) is 20.3 Å². The minimum atomic E-state index is -0.166. The first-order valence-corrected chi connectivity index (χ1v) is 9.76. The van der Waals surface area contributed by atoms with Crippen LogP contribution in [-0.4, -0.2) is 15.5 Å². The molecule has 4 aromatic rings. The monoisotopic (exact) mass is 375 g/mol. The summed E-state index contributed by atoms with van der Waals surface area (Å²) in [4.78, 5) is 29.8. The number of amides is 1. The topological polar surface area (TPSA) is 64.0 Å². The molecule has 0 aliphatic heterocycles. The van der Waals surface area contributed by atoms with Gasteiger partial charge in [-0.1, -0.05) is 42.5 Å². The Labute approximate surface area is 159 Å². The average Bonchev–Trinajstić information content (AvgIpc) is 3.26. The Balaban J connectivity index is 1.41. The number of aromatic nitrogens is 2. The van der Waals surface area contributed by atoms with E-state index in [0.29, 0.717) is 10.2 Å². The molecular formula is C21H17N3O2S. The fourth-order valence-corrected chi connectivity index (χ4v) is 4.93. The highest BCUT2D eigenvalue weighted by molar-refractivity contribution is 7.25. The normalized spacial score (nSPS) is 15.9. The Bertz CT molecular complexity index is 1240. The van der Waals surface area contributed by atoms with Gasteiger partial charge in [0, 0.05) is 10.1 Å². The van der Waals surface area contributed by atoms with Crippen LogP contribution in [0.4, 0.5) is 0 Å². The van der Waals surface area contributed by atoms with Crippen molar-refractivity contribution >= 4 is 37.5 Å². The van der Waals surface area contributed by atoms with Crippen LogP contribution in [-0.2, 0) is 17.8 Å². The van der Waals surface area contributed by atoms with Gasteiger partial charge in [-0.2, -0.15) is 0 Å². The van der Waals surface area contributed by atoms with Gasteiger partial charge < -0.3 is 5.32 Å². The SMILES string of the molecule is O=C(Cn1cnc2c(sc3ccccc32)c1=O)N[C@H]1CCc2ccccc21. The zero-order valence-corrected chi connectivity index (χ0v) is 15.3. The van der Waals surface area contributed by atoms with Gasteiger partial charge in [0.15, 0.2) is 0 Å². The van der Waals surface area contributed by atoms with Crippen molar-refractivity contribution in [2.75, 3.05) is 0 Å². The molecule has 1 amide bonds. The van der Waals surface area contributed by atoms with E-state index in [1.54, 1.807) is 0 Å². The number of rotatable bonds is 3. The third-order valence-electron chi connectivity index (χ3n) is 5.13. The van der Waals surface area contributed by atoms with E-state index in [1.165, 1.54) is 33.4 Å². The molecule has 0 saturated carbocycles. The third-order valence-corrected chi connectivity index (χ3v) is 6.28. The number of fused-ring (bicyclic) bond motifs is 4. The van der Waals surface area contributed by atoms with Gasteiger partial charge in [-0.25, -0.2) is 4.98 Å². The van der Waals surface area contributed by atoms with Crippen LogP contribution in [0.2, 0.25) is 0 Å². The first-order chi connectivity index (χ1) is 13.2. The molecule has 0 unspecified atom stereocenters. The van der Waals surface area contributed by atoms with Crippen molar-refractivity contribution in [1.82, 2.24) is 14.9 Å². The van der Waals surface area contributed by atoms with Gasteiger partial charge in [-0.15, -0.1) is 11.3 Å². The molecule has 1 aliphatic rings. The largest absolute Gasteiger partial charge is 0.348 e. The highest BCUT2D eigenvalue weighted by Crippen LogP contribution is 2.31. The number of aryl methyl sites for hydroxylation is 1. The number of hydrogen-bond donors (Lipinski definition) is 1. The summed E-state index contributed by atoms with van der Waals surface area (Å²) in [5.74, 6) is -0.166. The summed E-state index contributed by atoms with van der Waals surface area (Å²) in [6.07, 6.45) is 3.34. The molecule has 1 N–H and O–H groups in total. The zero-order chi connectivity index (χ0) is 18.4. The molecule has 6 heteroatoms. The van der Waals surface area contributed by atoms with Crippen LogP contribution < -0.4 is 10.9 Å². The lowest BCUT2D eigenvalue weighted by Gasteiger charge is -2.14. The van der Waals surface area contributed by atoms with E-state index in [9.17, 15) is 9.59 Å². The summed E-state index contributed by atoms with van der Waals surface area (Å²) in [5.41, 5.74) is 3.01. The maximum absolute atomic E-state index is 12.8. The molecule has 2 aromatic heterocycles. The number of nitrogens with zero attached hydrogens (tertiary/aromatic N) is 2. The van der Waals surface area contributed by atoms with Crippen LogP contribution in [0.3, 0.4) is 0 Å². The van der Waals surface area contributed by atoms with E-state index < -0.39 is 0 Å². The van der Waals surface area contributed by atoms with Crippen LogP contribution in [0, 0.1) is 0 Å². The number of nitrogens with one attached hydrogen (secondary N) is 1. The number of carbonyl (C=O) groups is 1. The summed E-state index contributed by atoms with van der Waals surface area (Å²) in [6.45, 7) is -0.0192. The molecule has 2 heterocycles. The summed E-state index contributed by atoms with van der Waals surface area (Å²) in [6, 6.07) is 16.0. The van der Waals surface area contributed by atoms with E-state index in [-0.39, 0.29) is 24.1 Å². The summed E-state index contributed by atoms with van der Waals surface area (Å²) < 4.78 is 3.02. The molecule has 5 rings (SSSR count). The van der Waals surface area contributed by atoms with E-state index in [4.69, 9.17) is 0 Å². The predicted octanol–water partition coefficient (Wildman–Crippen LogP) is 3.41. The van der Waals surface area contributed by atoms with Gasteiger partial charge in [-0.3, -0.25) is 14.2 Å². The fraction of sp³-hybridized carbons (Fsp3) is 0.190. The number of carbonyl (C=O) groups excluding carboxylic acids is 1. The fourth-order valence-electron chi connectivity index (χ4n) is 3.83. The molecule has 27 heavy (non-hydrogen) atoms. The van der Waals surface area contributed by atoms with Crippen molar-refractivity contribution in [3.63, 3.8) is 0 Å². The van der Waals surface area contributed by atoms with Gasteiger partial charge >= 0.3 is 0 Å². The van der Waals surface area contributed by atoms with Crippen molar-refractivity contribution in [3.05, 3.63) is 76.3 Å². The van der Waals surface area contributed by atoms with E-state index >= 15 is 0 Å². The Hall–Kier alpha value is -2.99. The molecule has 5 nitrogen and oxygen atoms in total. The quantitative estimate of drug-likeness (QED) is 0.597. The molecule has 0 saturated heterocycles. The minimum Gasteiger partial charge on any atom is -0.348 e. The number of thiophene rings is 1. The summed E-state index contributed by atoms with van der Waals surface area (Å²) in [5, 5.41) is 4.04. The van der Waals surface area contributed by atoms with E-state index in [1.807, 2.05) is 36.4 Å². The maximum Gasteiger partial charge on any atom is 0.271 e. The second-order valence-electron chi connectivity index (χ2n) is 6.81. The van der Waals surface area contributed by atoms with Gasteiger partial charge in [0.2, 0.25) is 5.91 Å². The van der Waals surface area contributed by atoms with Crippen molar-refractivity contribution < 1.29 is 4.79 Å². The lowest BCUT2D eigenvalue weighted by atomic mass is 10.1. The van der Waals surface area contributed by atoms with Gasteiger partial charge in [0.25, 0.3) is 5.56 Å². The van der Waals surface area contributed by atoms with Gasteiger partial charge in [-0.05, 0) is 30.0 Å². The smallest absolute Gasteiger partial charge is 0.271 e. The molecule has 134 valence electrons. The third kappa shape index (κ3) is 2.73. The summed E-state index contributed by atoms with van der Waals surface area (Å²) >= 11 is 1.43. The van der Waals surface area contributed by atoms with E-state index in [0.717, 1.165) is 22.9 Å². The molecule has 2 aromatic carbocycles. The van der Waals surface area contributed by atoms with Crippen LogP contribution in [0.15, 0.2) is 59.7 Å². The number of hydrogen-bond acceptors (Lipinski definition) is 4. The van der Waals surface area contributed by atoms with Crippen molar-refractivity contribution in [2.45, 2.75) is 25.4 Å². The second-order valence-corrected chi connectivity index (χ2v) is 7.86. The van der Waals surface area contributed by atoms with E-state index in [2.05, 4.69) is 22.4 Å². The van der Waals surface area contributed by atoms with Crippen LogP contribution in [0.5, 0.6) is 0 Å². The lowest BCUT2D eigenvalue weighted by Crippen LogP contribution is -2.34. The Morgan fingerprint density at radius 1 is 1.19 bits per heavy atom. The first-order valence-electron chi connectivity index (χ1n) is 8.94. The molecule has 0 spiro atoms. The first kappa shape index (κ1) is 16.2. The molecule has 1 atom stereocenters. The van der Waals surface area contributed by atoms with Crippen molar-refractivity contribution in [2.24, 2.45) is 0 Å². The Morgan fingerprint density at radius 3 is 2.93 bits per heavy atom. The summed E-state index contributed by atoms with van der Waals surface area (Å²) in [7, 11) is 0. The minimum absolute atomic E-state index is 0.0189. The van der Waals surface area contributed by atoms with Gasteiger partial charge in [0.1, 0.15) is 11.2 Å². The molecular weight excluding hydrogens is 358 g/mol. The lowest BCUT2D eigenvalue weighted by molar-refractivity contribution is -0.122. The maximum atomic E-state index is 12.8. The molecule has 1 aliphatic carbocycles. The molecule has 0 bridgehead atoms. The Kier molecular flexibility index (Phi) is 3.79. The Morgan fingerprint density at radius 2 is 2.00 bits per heavy atom. The predicted molar refractivity (Wildman–Crippen MR) is 107 cm³/mol. The van der Waals surface area contributed by atoms with Crippen LogP contribution >= 0.6 is 11.3 Å². The van der Waals surface area contributed by atoms with Crippen molar-refractivity contribution in [3.8, 4) is 0 Å².